The third-order valence-corrected chi connectivity index (χ3v) is 3.00. The van der Waals surface area contributed by atoms with Crippen molar-refractivity contribution in [3.05, 3.63) is 12.3 Å². The summed E-state index contributed by atoms with van der Waals surface area (Å²) in [5.74, 6) is 1.22. The first-order valence-corrected chi connectivity index (χ1v) is 6.07. The maximum Gasteiger partial charge on any atom is 0.225 e. The van der Waals surface area contributed by atoms with Crippen molar-refractivity contribution in [1.29, 1.82) is 0 Å². The van der Waals surface area contributed by atoms with Gasteiger partial charge >= 0.3 is 0 Å². The van der Waals surface area contributed by atoms with Gasteiger partial charge < -0.3 is 15.8 Å². The van der Waals surface area contributed by atoms with E-state index in [1.165, 1.54) is 12.8 Å². The average Bonchev–Trinajstić information content (AvgIpc) is 3.07. The van der Waals surface area contributed by atoms with Gasteiger partial charge in [-0.05, 0) is 38.6 Å². The van der Waals surface area contributed by atoms with E-state index in [0.29, 0.717) is 11.8 Å². The molecule has 5 nitrogen and oxygen atoms in total. The zero-order valence-corrected chi connectivity index (χ0v) is 10.4. The van der Waals surface area contributed by atoms with E-state index in [-0.39, 0.29) is 11.5 Å². The molecular formula is C12H20N4O. The first-order valence-electron chi connectivity index (χ1n) is 6.07. The number of nitrogens with two attached hydrogens (primary N) is 1. The van der Waals surface area contributed by atoms with Crippen LogP contribution in [0.25, 0.3) is 0 Å². The predicted molar refractivity (Wildman–Crippen MR) is 67.0 cm³/mol. The predicted octanol–water partition coefficient (Wildman–Crippen LogP) is 1.41. The highest BCUT2D eigenvalue weighted by atomic mass is 16.5. The Hall–Kier alpha value is -1.36. The van der Waals surface area contributed by atoms with Crippen LogP contribution in [0.2, 0.25) is 0 Å². The Kier molecular flexibility index (Phi) is 3.47. The van der Waals surface area contributed by atoms with Crippen LogP contribution in [0, 0.1) is 5.41 Å². The number of nitrogens with one attached hydrogen (secondary N) is 1. The second-order valence-corrected chi connectivity index (χ2v) is 4.94. The zero-order valence-electron chi connectivity index (χ0n) is 10.4. The molecule has 1 aliphatic rings. The maximum atomic E-state index is 5.72. The SMILES string of the molecule is CC(C)Oc1ccnc(NCC2(CN)CC2)n1. The molecule has 1 aliphatic carbocycles. The van der Waals surface area contributed by atoms with Crippen molar-refractivity contribution in [3.8, 4) is 5.88 Å². The first kappa shape index (κ1) is 12.1. The van der Waals surface area contributed by atoms with E-state index >= 15 is 0 Å². The summed E-state index contributed by atoms with van der Waals surface area (Å²) in [7, 11) is 0. The van der Waals surface area contributed by atoms with E-state index in [1.807, 2.05) is 13.8 Å². The van der Waals surface area contributed by atoms with Crippen molar-refractivity contribution in [2.45, 2.75) is 32.8 Å². The molecule has 0 spiro atoms. The van der Waals surface area contributed by atoms with Crippen molar-refractivity contribution in [2.24, 2.45) is 11.1 Å². The number of hydrogen-bond acceptors (Lipinski definition) is 5. The van der Waals surface area contributed by atoms with Gasteiger partial charge in [0.05, 0.1) is 6.10 Å². The van der Waals surface area contributed by atoms with Gasteiger partial charge in [-0.1, -0.05) is 0 Å². The topological polar surface area (TPSA) is 73.1 Å². The van der Waals surface area contributed by atoms with Crippen LogP contribution in [0.4, 0.5) is 5.95 Å². The van der Waals surface area contributed by atoms with E-state index < -0.39 is 0 Å². The lowest BCUT2D eigenvalue weighted by atomic mass is 10.1. The second-order valence-electron chi connectivity index (χ2n) is 4.94. The lowest BCUT2D eigenvalue weighted by Crippen LogP contribution is -2.24. The van der Waals surface area contributed by atoms with Crippen LogP contribution in [-0.4, -0.2) is 29.2 Å². The van der Waals surface area contributed by atoms with Crippen LogP contribution in [0.15, 0.2) is 12.3 Å². The molecule has 1 heterocycles. The van der Waals surface area contributed by atoms with E-state index in [4.69, 9.17) is 10.5 Å². The molecule has 0 amide bonds. The molecule has 0 atom stereocenters. The van der Waals surface area contributed by atoms with Gasteiger partial charge in [-0.2, -0.15) is 4.98 Å². The van der Waals surface area contributed by atoms with Crippen molar-refractivity contribution in [3.63, 3.8) is 0 Å². The van der Waals surface area contributed by atoms with Gasteiger partial charge in [0.2, 0.25) is 11.8 Å². The largest absolute Gasteiger partial charge is 0.475 e. The van der Waals surface area contributed by atoms with Crippen molar-refractivity contribution in [2.75, 3.05) is 18.4 Å². The summed E-state index contributed by atoms with van der Waals surface area (Å²) < 4.78 is 5.51. The fraction of sp³-hybridized carbons (Fsp3) is 0.667. The molecule has 94 valence electrons. The maximum absolute atomic E-state index is 5.72. The lowest BCUT2D eigenvalue weighted by molar-refractivity contribution is 0.232. The molecule has 3 N–H and O–H groups in total. The molecule has 1 saturated carbocycles. The van der Waals surface area contributed by atoms with E-state index in [2.05, 4.69) is 15.3 Å². The summed E-state index contributed by atoms with van der Waals surface area (Å²) in [5.41, 5.74) is 6.00. The van der Waals surface area contributed by atoms with Gasteiger partial charge in [-0.15, -0.1) is 0 Å². The van der Waals surface area contributed by atoms with Gasteiger partial charge in [0.25, 0.3) is 0 Å². The van der Waals surface area contributed by atoms with Crippen LogP contribution in [0.3, 0.4) is 0 Å². The van der Waals surface area contributed by atoms with Crippen LogP contribution < -0.4 is 15.8 Å². The number of aromatic nitrogens is 2. The van der Waals surface area contributed by atoms with E-state index in [9.17, 15) is 0 Å². The summed E-state index contributed by atoms with van der Waals surface area (Å²) in [6, 6.07) is 1.76. The molecule has 0 aromatic carbocycles. The molecule has 5 heteroatoms. The minimum Gasteiger partial charge on any atom is -0.475 e. The first-order chi connectivity index (χ1) is 8.13. The smallest absolute Gasteiger partial charge is 0.225 e. The Morgan fingerprint density at radius 2 is 2.29 bits per heavy atom. The van der Waals surface area contributed by atoms with E-state index in [0.717, 1.165) is 13.1 Å². The highest BCUT2D eigenvalue weighted by molar-refractivity contribution is 5.28. The molecule has 0 aliphatic heterocycles. The Balaban J connectivity index is 1.92. The summed E-state index contributed by atoms with van der Waals surface area (Å²) in [6.45, 7) is 5.52. The zero-order chi connectivity index (χ0) is 12.3. The Morgan fingerprint density at radius 1 is 1.53 bits per heavy atom. The van der Waals surface area contributed by atoms with Crippen molar-refractivity contribution < 1.29 is 4.74 Å². The third kappa shape index (κ3) is 3.30. The summed E-state index contributed by atoms with van der Waals surface area (Å²) in [6.07, 6.45) is 4.21. The standard InChI is InChI=1S/C12H20N4O/c1-9(2)17-10-3-6-14-11(16-10)15-8-12(7-13)4-5-12/h3,6,9H,4-5,7-8,13H2,1-2H3,(H,14,15,16). The van der Waals surface area contributed by atoms with Gasteiger partial charge in [0.15, 0.2) is 0 Å². The lowest BCUT2D eigenvalue weighted by Gasteiger charge is -2.14. The van der Waals surface area contributed by atoms with Crippen LogP contribution in [0.5, 0.6) is 5.88 Å². The average molecular weight is 236 g/mol. The molecule has 1 fully saturated rings. The number of rotatable bonds is 6. The van der Waals surface area contributed by atoms with Crippen molar-refractivity contribution in [1.82, 2.24) is 9.97 Å². The number of nitrogens with zero attached hydrogens (tertiary/aromatic N) is 2. The Morgan fingerprint density at radius 3 is 2.88 bits per heavy atom. The molecule has 2 rings (SSSR count). The third-order valence-electron chi connectivity index (χ3n) is 3.00. The Bertz CT molecular complexity index is 377. The van der Waals surface area contributed by atoms with Crippen molar-refractivity contribution >= 4 is 5.95 Å². The molecule has 0 bridgehead atoms. The molecule has 17 heavy (non-hydrogen) atoms. The summed E-state index contributed by atoms with van der Waals surface area (Å²) >= 11 is 0. The fourth-order valence-corrected chi connectivity index (χ4v) is 1.63. The highest BCUT2D eigenvalue weighted by Crippen LogP contribution is 2.44. The molecule has 0 radical (unpaired) electrons. The monoisotopic (exact) mass is 236 g/mol. The quantitative estimate of drug-likeness (QED) is 0.781. The normalized spacial score (nSPS) is 16.9. The Labute approximate surface area is 102 Å². The number of ether oxygens (including phenoxy) is 1. The summed E-state index contributed by atoms with van der Waals surface area (Å²) in [4.78, 5) is 8.46. The number of anilines is 1. The summed E-state index contributed by atoms with van der Waals surface area (Å²) in [5, 5.41) is 3.23. The molecular weight excluding hydrogens is 216 g/mol. The van der Waals surface area contributed by atoms with Crippen LogP contribution >= 0.6 is 0 Å². The van der Waals surface area contributed by atoms with Crippen LogP contribution in [0.1, 0.15) is 26.7 Å². The van der Waals surface area contributed by atoms with Gasteiger partial charge in [-0.3, -0.25) is 0 Å². The molecule has 0 unspecified atom stereocenters. The minimum atomic E-state index is 0.122. The molecule has 0 saturated heterocycles. The number of hydrogen-bond donors (Lipinski definition) is 2. The fourth-order valence-electron chi connectivity index (χ4n) is 1.63. The minimum absolute atomic E-state index is 0.122. The second kappa shape index (κ2) is 4.87. The highest BCUT2D eigenvalue weighted by Gasteiger charge is 2.40. The molecule has 1 aromatic heterocycles. The van der Waals surface area contributed by atoms with Gasteiger partial charge in [0, 0.05) is 18.8 Å². The van der Waals surface area contributed by atoms with Crippen LogP contribution in [-0.2, 0) is 0 Å². The van der Waals surface area contributed by atoms with Gasteiger partial charge in [0.1, 0.15) is 0 Å². The van der Waals surface area contributed by atoms with E-state index in [1.54, 1.807) is 12.3 Å². The molecule has 1 aromatic rings. The van der Waals surface area contributed by atoms with Gasteiger partial charge in [-0.25, -0.2) is 4.98 Å².